The van der Waals surface area contributed by atoms with E-state index in [4.69, 9.17) is 4.74 Å². The second-order valence-corrected chi connectivity index (χ2v) is 12.3. The van der Waals surface area contributed by atoms with Crippen molar-refractivity contribution in [1.29, 1.82) is 0 Å². The summed E-state index contributed by atoms with van der Waals surface area (Å²) in [5, 5.41) is 14.4. The first kappa shape index (κ1) is 32.5. The Bertz CT molecular complexity index is 1530. The van der Waals surface area contributed by atoms with E-state index in [0.29, 0.717) is 24.3 Å². The number of benzene rings is 3. The van der Waals surface area contributed by atoms with E-state index in [1.807, 2.05) is 6.92 Å². The second-order valence-electron chi connectivity index (χ2n) is 9.53. The Hall–Kier alpha value is -3.97. The molecule has 1 N–H and O–H groups in total. The molecule has 11 nitrogen and oxygen atoms in total. The molecule has 3 aromatic carbocycles. The smallest absolute Gasteiger partial charge is 0.273 e. The van der Waals surface area contributed by atoms with E-state index in [-0.39, 0.29) is 28.7 Å². The topological polar surface area (TPSA) is 139 Å². The van der Waals surface area contributed by atoms with Crippen LogP contribution in [0.1, 0.15) is 31.4 Å². The molecule has 42 heavy (non-hydrogen) atoms. The van der Waals surface area contributed by atoms with Crippen molar-refractivity contribution < 1.29 is 27.7 Å². The number of carbonyl (C=O) groups excluding carboxylic acids is 2. The normalized spacial score (nSPS) is 11.8. The molecule has 0 aliphatic carbocycles. The molecule has 2 amide bonds. The predicted molar refractivity (Wildman–Crippen MR) is 163 cm³/mol. The lowest BCUT2D eigenvalue weighted by atomic mass is 10.1. The van der Waals surface area contributed by atoms with Gasteiger partial charge in [0.1, 0.15) is 18.3 Å². The Morgan fingerprint density at radius 2 is 1.71 bits per heavy atom. The molecule has 0 aliphatic rings. The Labute approximate surface area is 253 Å². The zero-order valence-electron chi connectivity index (χ0n) is 23.7. The lowest BCUT2D eigenvalue weighted by Gasteiger charge is -2.32. The number of rotatable bonds is 13. The molecule has 224 valence electrons. The highest BCUT2D eigenvalue weighted by atomic mass is 79.9. The van der Waals surface area contributed by atoms with Gasteiger partial charge in [0.05, 0.1) is 22.6 Å². The van der Waals surface area contributed by atoms with Crippen molar-refractivity contribution in [3.63, 3.8) is 0 Å². The molecular formula is C29H33BrN4O7S. The molecule has 0 aliphatic heterocycles. The van der Waals surface area contributed by atoms with Crippen LogP contribution in [0.4, 0.5) is 11.4 Å². The zero-order chi connectivity index (χ0) is 31.0. The molecule has 1 unspecified atom stereocenters. The third kappa shape index (κ3) is 7.85. The average molecular weight is 662 g/mol. The van der Waals surface area contributed by atoms with Crippen LogP contribution in [0.25, 0.3) is 0 Å². The van der Waals surface area contributed by atoms with Gasteiger partial charge < -0.3 is 15.0 Å². The summed E-state index contributed by atoms with van der Waals surface area (Å²) in [7, 11) is -3.02. The van der Waals surface area contributed by atoms with Crippen molar-refractivity contribution in [2.75, 3.05) is 24.5 Å². The lowest BCUT2D eigenvalue weighted by molar-refractivity contribution is -0.385. The minimum atomic E-state index is -4.48. The third-order valence-corrected chi connectivity index (χ3v) is 8.89. The molecule has 13 heteroatoms. The van der Waals surface area contributed by atoms with E-state index in [1.54, 1.807) is 43.3 Å². The number of methoxy groups -OCH3 is 1. The second kappa shape index (κ2) is 14.3. The summed E-state index contributed by atoms with van der Waals surface area (Å²) in [6.07, 6.45) is 0.700. The van der Waals surface area contributed by atoms with Crippen LogP contribution < -0.4 is 14.4 Å². The van der Waals surface area contributed by atoms with Crippen molar-refractivity contribution in [2.24, 2.45) is 0 Å². The summed E-state index contributed by atoms with van der Waals surface area (Å²) in [4.78, 5) is 38.8. The maximum Gasteiger partial charge on any atom is 0.273 e. The fourth-order valence-electron chi connectivity index (χ4n) is 4.12. The Morgan fingerprint density at radius 3 is 2.29 bits per heavy atom. The number of carbonyl (C=O) groups is 2. The minimum absolute atomic E-state index is 0.0410. The number of anilines is 1. The molecule has 0 spiro atoms. The third-order valence-electron chi connectivity index (χ3n) is 6.59. The Balaban J connectivity index is 2.08. The number of nitro groups is 1. The van der Waals surface area contributed by atoms with Gasteiger partial charge in [-0.1, -0.05) is 41.1 Å². The first-order chi connectivity index (χ1) is 19.9. The van der Waals surface area contributed by atoms with Gasteiger partial charge in [-0.3, -0.25) is 24.0 Å². The predicted octanol–water partition coefficient (Wildman–Crippen LogP) is 4.81. The number of halogens is 1. The molecule has 3 aromatic rings. The van der Waals surface area contributed by atoms with Gasteiger partial charge in [-0.15, -0.1) is 0 Å². The van der Waals surface area contributed by atoms with Crippen LogP contribution in [0.3, 0.4) is 0 Å². The van der Waals surface area contributed by atoms with Crippen LogP contribution in [0.2, 0.25) is 0 Å². The molecule has 0 saturated carbocycles. The van der Waals surface area contributed by atoms with Gasteiger partial charge in [0, 0.05) is 29.2 Å². The average Bonchev–Trinajstić information content (AvgIpc) is 2.97. The van der Waals surface area contributed by atoms with Gasteiger partial charge in [0.15, 0.2) is 0 Å². The number of aryl methyl sites for hydroxylation is 1. The Morgan fingerprint density at radius 1 is 1.07 bits per heavy atom. The fraction of sp³-hybridized carbons (Fsp3) is 0.310. The van der Waals surface area contributed by atoms with Crippen LogP contribution >= 0.6 is 15.9 Å². The molecule has 0 heterocycles. The van der Waals surface area contributed by atoms with Crippen LogP contribution in [-0.4, -0.2) is 56.3 Å². The van der Waals surface area contributed by atoms with Crippen LogP contribution in [-0.2, 0) is 26.2 Å². The van der Waals surface area contributed by atoms with Crippen molar-refractivity contribution >= 4 is 49.1 Å². The zero-order valence-corrected chi connectivity index (χ0v) is 26.1. The standard InChI is InChI=1S/C29H33BrN4O7S/c1-5-16-31-29(36)21(3)32(18-22-7-9-23(30)10-8-22)28(35)19-33(24-11-13-25(41-4)14-12-24)42(39,40)26-15-6-20(2)27(17-26)34(37)38/h6-15,17,21H,5,16,18-19H2,1-4H3,(H,31,36). The summed E-state index contributed by atoms with van der Waals surface area (Å²) < 4.78 is 34.9. The van der Waals surface area contributed by atoms with E-state index in [9.17, 15) is 28.1 Å². The number of hydrogen-bond acceptors (Lipinski definition) is 7. The number of nitrogens with one attached hydrogen (secondary N) is 1. The largest absolute Gasteiger partial charge is 0.497 e. The molecular weight excluding hydrogens is 628 g/mol. The van der Waals surface area contributed by atoms with Gasteiger partial charge in [-0.2, -0.15) is 0 Å². The van der Waals surface area contributed by atoms with E-state index >= 15 is 0 Å². The van der Waals surface area contributed by atoms with Crippen molar-refractivity contribution in [2.45, 2.75) is 44.7 Å². The maximum atomic E-state index is 14.0. The van der Waals surface area contributed by atoms with E-state index in [0.717, 1.165) is 20.4 Å². The highest BCUT2D eigenvalue weighted by molar-refractivity contribution is 9.10. The highest BCUT2D eigenvalue weighted by Gasteiger charge is 2.33. The van der Waals surface area contributed by atoms with Crippen molar-refractivity contribution in [3.8, 4) is 5.75 Å². The van der Waals surface area contributed by atoms with Crippen LogP contribution in [0.5, 0.6) is 5.75 Å². The quantitative estimate of drug-likeness (QED) is 0.205. The SMILES string of the molecule is CCCNC(=O)C(C)N(Cc1ccc(Br)cc1)C(=O)CN(c1ccc(OC)cc1)S(=O)(=O)c1ccc(C)c([N+](=O)[O-])c1. The monoisotopic (exact) mass is 660 g/mol. The Kier molecular flexibility index (Phi) is 11.1. The number of ether oxygens (including phenoxy) is 1. The number of amides is 2. The summed E-state index contributed by atoms with van der Waals surface area (Å²) >= 11 is 3.38. The van der Waals surface area contributed by atoms with Crippen molar-refractivity contribution in [1.82, 2.24) is 10.2 Å². The van der Waals surface area contributed by atoms with E-state index in [2.05, 4.69) is 21.2 Å². The van der Waals surface area contributed by atoms with E-state index < -0.39 is 33.4 Å². The number of hydrogen-bond donors (Lipinski definition) is 1. The lowest BCUT2D eigenvalue weighted by Crippen LogP contribution is -2.51. The maximum absolute atomic E-state index is 14.0. The summed E-state index contributed by atoms with van der Waals surface area (Å²) in [5.74, 6) is -0.556. The van der Waals surface area contributed by atoms with Gasteiger partial charge in [-0.05, 0) is 68.3 Å². The van der Waals surface area contributed by atoms with Gasteiger partial charge in [0.2, 0.25) is 11.8 Å². The molecule has 0 radical (unpaired) electrons. The number of nitro benzene ring substituents is 1. The molecule has 0 bridgehead atoms. The first-order valence-corrected chi connectivity index (χ1v) is 15.4. The number of nitrogens with zero attached hydrogens (tertiary/aromatic N) is 3. The molecule has 0 saturated heterocycles. The molecule has 0 aromatic heterocycles. The fourth-order valence-corrected chi connectivity index (χ4v) is 5.81. The van der Waals surface area contributed by atoms with Crippen molar-refractivity contribution in [3.05, 3.63) is 92.4 Å². The molecule has 1 atom stereocenters. The summed E-state index contributed by atoms with van der Waals surface area (Å²) in [5.41, 5.74) is 0.794. The summed E-state index contributed by atoms with van der Waals surface area (Å²) in [6, 6.07) is 15.9. The van der Waals surface area contributed by atoms with Gasteiger partial charge in [-0.25, -0.2) is 8.42 Å². The first-order valence-electron chi connectivity index (χ1n) is 13.1. The highest BCUT2D eigenvalue weighted by Crippen LogP contribution is 2.29. The van der Waals surface area contributed by atoms with E-state index in [1.165, 1.54) is 43.2 Å². The van der Waals surface area contributed by atoms with Crippen LogP contribution in [0.15, 0.2) is 76.1 Å². The van der Waals surface area contributed by atoms with Gasteiger partial charge >= 0.3 is 0 Å². The summed E-state index contributed by atoms with van der Waals surface area (Å²) in [6.45, 7) is 4.78. The molecule has 3 rings (SSSR count). The minimum Gasteiger partial charge on any atom is -0.497 e. The molecule has 0 fully saturated rings. The number of sulfonamides is 1. The van der Waals surface area contributed by atoms with Gasteiger partial charge in [0.25, 0.3) is 15.7 Å². The van der Waals surface area contributed by atoms with Crippen LogP contribution in [0, 0.1) is 17.0 Å².